The highest BCUT2D eigenvalue weighted by Crippen LogP contribution is 2.25. The number of nitrogens with one attached hydrogen (secondary N) is 1. The number of aromatic hydroxyl groups is 1. The van der Waals surface area contributed by atoms with E-state index in [0.717, 1.165) is 11.3 Å². The Kier molecular flexibility index (Phi) is 4.31. The molecule has 1 aromatic heterocycles. The van der Waals surface area contributed by atoms with Gasteiger partial charge in [0.2, 0.25) is 0 Å². The number of methoxy groups -OCH3 is 1. The summed E-state index contributed by atoms with van der Waals surface area (Å²) in [6, 6.07) is 7.23. The number of carbonyl (C=O) groups is 1. The summed E-state index contributed by atoms with van der Waals surface area (Å²) in [6.45, 7) is 0. The topological polar surface area (TPSA) is 70.9 Å². The number of amides is 1. The zero-order chi connectivity index (χ0) is 14.5. The Bertz CT molecular complexity index is 655. The van der Waals surface area contributed by atoms with Gasteiger partial charge in [-0.2, -0.15) is 9.49 Å². The molecule has 2 aromatic rings. The average Bonchev–Trinajstić information content (AvgIpc) is 2.87. The molecule has 20 heavy (non-hydrogen) atoms. The van der Waals surface area contributed by atoms with Gasteiger partial charge in [0, 0.05) is 0 Å². The number of phenolic OH excluding ortho intramolecular Hbond substituents is 1. The second-order valence-electron chi connectivity index (χ2n) is 3.73. The van der Waals surface area contributed by atoms with Gasteiger partial charge < -0.3 is 9.84 Å². The van der Waals surface area contributed by atoms with Crippen molar-refractivity contribution in [2.45, 2.75) is 0 Å². The van der Waals surface area contributed by atoms with Gasteiger partial charge in [0.15, 0.2) is 16.6 Å². The molecule has 0 atom stereocenters. The molecule has 0 saturated heterocycles. The van der Waals surface area contributed by atoms with Gasteiger partial charge in [0.25, 0.3) is 5.91 Å². The van der Waals surface area contributed by atoms with Crippen LogP contribution >= 0.6 is 11.3 Å². The molecule has 0 unspecified atom stereocenters. The maximum atomic E-state index is 12.8. The van der Waals surface area contributed by atoms with E-state index < -0.39 is 11.0 Å². The fourth-order valence-corrected chi connectivity index (χ4v) is 2.05. The maximum absolute atomic E-state index is 12.8. The number of hydrogen-bond donors (Lipinski definition) is 2. The fourth-order valence-electron chi connectivity index (χ4n) is 1.43. The van der Waals surface area contributed by atoms with Crippen molar-refractivity contribution in [3.05, 3.63) is 45.9 Å². The fraction of sp³-hybridized carbons (Fsp3) is 0.0769. The molecule has 0 bridgehead atoms. The van der Waals surface area contributed by atoms with E-state index in [1.807, 2.05) is 0 Å². The van der Waals surface area contributed by atoms with E-state index in [4.69, 9.17) is 4.74 Å². The molecule has 2 rings (SSSR count). The van der Waals surface area contributed by atoms with Crippen LogP contribution in [0.25, 0.3) is 0 Å². The molecule has 1 heterocycles. The van der Waals surface area contributed by atoms with Crippen LogP contribution in [0.1, 0.15) is 15.2 Å². The van der Waals surface area contributed by atoms with Gasteiger partial charge in [0.05, 0.1) is 18.2 Å². The van der Waals surface area contributed by atoms with E-state index >= 15 is 0 Å². The van der Waals surface area contributed by atoms with Gasteiger partial charge in [0.1, 0.15) is 0 Å². The minimum atomic E-state index is -0.485. The molecule has 0 aliphatic carbocycles. The monoisotopic (exact) mass is 294 g/mol. The molecular formula is C13H11FN2O3S. The zero-order valence-electron chi connectivity index (χ0n) is 10.5. The van der Waals surface area contributed by atoms with Crippen molar-refractivity contribution in [2.24, 2.45) is 5.10 Å². The number of carbonyl (C=O) groups excluding carboxylic acids is 1. The first-order chi connectivity index (χ1) is 9.60. The van der Waals surface area contributed by atoms with Crippen molar-refractivity contribution < 1.29 is 19.0 Å². The molecule has 0 radical (unpaired) electrons. The molecule has 0 saturated carbocycles. The largest absolute Gasteiger partial charge is 0.504 e. The molecule has 7 heteroatoms. The molecule has 0 fully saturated rings. The van der Waals surface area contributed by atoms with Crippen LogP contribution in [0.4, 0.5) is 4.39 Å². The molecule has 2 N–H and O–H groups in total. The molecule has 1 aromatic carbocycles. The molecule has 0 aliphatic rings. The Morgan fingerprint density at radius 1 is 1.45 bits per heavy atom. The van der Waals surface area contributed by atoms with Crippen molar-refractivity contribution in [2.75, 3.05) is 7.11 Å². The Labute approximate surface area is 118 Å². The smallest absolute Gasteiger partial charge is 0.281 e. The van der Waals surface area contributed by atoms with Crippen molar-refractivity contribution in [1.82, 2.24) is 5.43 Å². The summed E-state index contributed by atoms with van der Waals surface area (Å²) in [5, 5.41) is 12.8. The number of hydrogen-bond acceptors (Lipinski definition) is 5. The third-order valence-corrected chi connectivity index (χ3v) is 3.25. The first-order valence-electron chi connectivity index (χ1n) is 5.56. The summed E-state index contributed by atoms with van der Waals surface area (Å²) in [7, 11) is 1.43. The predicted octanol–water partition coefficient (Wildman–Crippen LogP) is 2.37. The number of halogens is 1. The zero-order valence-corrected chi connectivity index (χ0v) is 11.3. The minimum absolute atomic E-state index is 0.0164. The van der Waals surface area contributed by atoms with E-state index in [2.05, 4.69) is 10.5 Å². The van der Waals surface area contributed by atoms with Crippen LogP contribution < -0.4 is 10.2 Å². The highest BCUT2D eigenvalue weighted by atomic mass is 32.1. The van der Waals surface area contributed by atoms with E-state index in [0.29, 0.717) is 11.3 Å². The quantitative estimate of drug-likeness (QED) is 0.671. The van der Waals surface area contributed by atoms with Crippen LogP contribution in [0.5, 0.6) is 11.5 Å². The van der Waals surface area contributed by atoms with E-state index in [-0.39, 0.29) is 10.6 Å². The molecule has 1 amide bonds. The lowest BCUT2D eigenvalue weighted by molar-refractivity contribution is 0.0959. The lowest BCUT2D eigenvalue weighted by Gasteiger charge is -2.03. The number of hydrazone groups is 1. The standard InChI is InChI=1S/C13H11FN2O3S/c1-19-10-6-8(2-3-9(10)17)7-15-16-13(18)11-4-5-12(14)20-11/h2-7,17H,1H3,(H,16,18)/b15-7+. The van der Waals surface area contributed by atoms with Gasteiger partial charge in [-0.3, -0.25) is 4.79 Å². The first kappa shape index (κ1) is 14.0. The first-order valence-corrected chi connectivity index (χ1v) is 6.37. The highest BCUT2D eigenvalue weighted by molar-refractivity contribution is 7.12. The number of rotatable bonds is 4. The van der Waals surface area contributed by atoms with Crippen molar-refractivity contribution in [3.63, 3.8) is 0 Å². The summed E-state index contributed by atoms with van der Waals surface area (Å²) in [6.07, 6.45) is 1.39. The van der Waals surface area contributed by atoms with Gasteiger partial charge in [-0.15, -0.1) is 11.3 Å². The van der Waals surface area contributed by atoms with Crippen LogP contribution in [0.15, 0.2) is 35.4 Å². The van der Waals surface area contributed by atoms with Crippen LogP contribution in [-0.2, 0) is 0 Å². The third kappa shape index (κ3) is 3.33. The number of phenols is 1. The normalized spacial score (nSPS) is 10.7. The molecule has 104 valence electrons. The number of nitrogens with zero attached hydrogens (tertiary/aromatic N) is 1. The second-order valence-corrected chi connectivity index (χ2v) is 4.77. The summed E-state index contributed by atoms with van der Waals surface area (Å²) in [5.41, 5.74) is 2.92. The second kappa shape index (κ2) is 6.16. The van der Waals surface area contributed by atoms with Crippen molar-refractivity contribution in [3.8, 4) is 11.5 Å². The molecule has 0 aliphatic heterocycles. The van der Waals surface area contributed by atoms with Gasteiger partial charge in [-0.1, -0.05) is 0 Å². The van der Waals surface area contributed by atoms with Crippen molar-refractivity contribution >= 4 is 23.5 Å². The minimum Gasteiger partial charge on any atom is -0.504 e. The number of benzene rings is 1. The predicted molar refractivity (Wildman–Crippen MR) is 74.0 cm³/mol. The summed E-state index contributed by atoms with van der Waals surface area (Å²) in [5.74, 6) is -0.163. The number of thiophene rings is 1. The average molecular weight is 294 g/mol. The van der Waals surface area contributed by atoms with Crippen LogP contribution in [0.2, 0.25) is 0 Å². The number of ether oxygens (including phenoxy) is 1. The summed E-state index contributed by atoms with van der Waals surface area (Å²) < 4.78 is 17.7. The lowest BCUT2D eigenvalue weighted by Crippen LogP contribution is -2.16. The molecule has 5 nitrogen and oxygen atoms in total. The molecule has 0 spiro atoms. The SMILES string of the molecule is COc1cc(/C=N/NC(=O)c2ccc(F)s2)ccc1O. The summed E-state index contributed by atoms with van der Waals surface area (Å²) >= 11 is 0.744. The van der Waals surface area contributed by atoms with E-state index in [9.17, 15) is 14.3 Å². The Morgan fingerprint density at radius 3 is 2.90 bits per heavy atom. The highest BCUT2D eigenvalue weighted by Gasteiger charge is 2.07. The van der Waals surface area contributed by atoms with Crippen molar-refractivity contribution in [1.29, 1.82) is 0 Å². The van der Waals surface area contributed by atoms with E-state index in [1.165, 1.54) is 31.5 Å². The lowest BCUT2D eigenvalue weighted by atomic mass is 10.2. The van der Waals surface area contributed by atoms with Crippen LogP contribution in [0, 0.1) is 5.13 Å². The third-order valence-electron chi connectivity index (χ3n) is 2.38. The maximum Gasteiger partial charge on any atom is 0.281 e. The summed E-state index contributed by atoms with van der Waals surface area (Å²) in [4.78, 5) is 11.8. The van der Waals surface area contributed by atoms with Crippen LogP contribution in [-0.4, -0.2) is 24.3 Å². The van der Waals surface area contributed by atoms with Gasteiger partial charge in [-0.25, -0.2) is 5.43 Å². The van der Waals surface area contributed by atoms with E-state index in [1.54, 1.807) is 12.1 Å². The van der Waals surface area contributed by atoms with Crippen LogP contribution in [0.3, 0.4) is 0 Å². The van der Waals surface area contributed by atoms with Gasteiger partial charge in [-0.05, 0) is 35.9 Å². The Hall–Kier alpha value is -2.41. The Balaban J connectivity index is 2.01. The molecular weight excluding hydrogens is 283 g/mol. The van der Waals surface area contributed by atoms with Gasteiger partial charge >= 0.3 is 0 Å². The Morgan fingerprint density at radius 2 is 2.25 bits per heavy atom.